The van der Waals surface area contributed by atoms with Gasteiger partial charge in [-0.25, -0.2) is 0 Å². The number of carbonyl (C=O) groups is 1. The zero-order valence-corrected chi connectivity index (χ0v) is 9.18. The van der Waals surface area contributed by atoms with Crippen molar-refractivity contribution in [3.05, 3.63) is 24.2 Å². The molecule has 6 heteroatoms. The molecule has 0 saturated carbocycles. The molecule has 88 valence electrons. The van der Waals surface area contributed by atoms with Crippen LogP contribution >= 0.6 is 0 Å². The lowest BCUT2D eigenvalue weighted by atomic mass is 10.0. The number of amidine groups is 1. The van der Waals surface area contributed by atoms with E-state index < -0.39 is 11.9 Å². The van der Waals surface area contributed by atoms with Crippen LogP contribution in [0.4, 0.5) is 0 Å². The van der Waals surface area contributed by atoms with Crippen molar-refractivity contribution in [2.24, 2.45) is 16.8 Å². The third-order valence-electron chi connectivity index (χ3n) is 2.13. The average molecular weight is 225 g/mol. The highest BCUT2D eigenvalue weighted by atomic mass is 16.4. The van der Waals surface area contributed by atoms with Crippen molar-refractivity contribution < 1.29 is 14.4 Å². The quantitative estimate of drug-likeness (QED) is 0.305. The van der Waals surface area contributed by atoms with Gasteiger partial charge in [0.25, 0.3) is 5.91 Å². The van der Waals surface area contributed by atoms with Crippen LogP contribution in [0.5, 0.6) is 0 Å². The van der Waals surface area contributed by atoms with E-state index in [0.29, 0.717) is 0 Å². The molecule has 4 N–H and O–H groups in total. The lowest BCUT2D eigenvalue weighted by molar-refractivity contribution is 0.0911. The SMILES string of the molecule is CC(C)C(NC(=O)c1ccco1)C(N)=NO. The molecule has 1 unspecified atom stereocenters. The van der Waals surface area contributed by atoms with Crippen LogP contribution in [0.15, 0.2) is 28.0 Å². The molecule has 1 atom stereocenters. The van der Waals surface area contributed by atoms with Crippen LogP contribution in [0.1, 0.15) is 24.4 Å². The molecule has 0 radical (unpaired) electrons. The third-order valence-corrected chi connectivity index (χ3v) is 2.13. The van der Waals surface area contributed by atoms with Crippen molar-refractivity contribution in [1.29, 1.82) is 0 Å². The maximum atomic E-state index is 11.6. The Bertz CT molecular complexity index is 371. The Hall–Kier alpha value is -1.98. The largest absolute Gasteiger partial charge is 0.459 e. The molecule has 0 aromatic carbocycles. The van der Waals surface area contributed by atoms with E-state index in [-0.39, 0.29) is 17.5 Å². The number of hydrogen-bond acceptors (Lipinski definition) is 4. The Morgan fingerprint density at radius 2 is 2.31 bits per heavy atom. The Labute approximate surface area is 93.1 Å². The number of amides is 1. The smallest absolute Gasteiger partial charge is 0.287 e. The van der Waals surface area contributed by atoms with Gasteiger partial charge in [0, 0.05) is 0 Å². The predicted molar refractivity (Wildman–Crippen MR) is 58.2 cm³/mol. The number of nitrogens with two attached hydrogens (primary N) is 1. The molecule has 16 heavy (non-hydrogen) atoms. The van der Waals surface area contributed by atoms with Crippen LogP contribution in [0.3, 0.4) is 0 Å². The molecule has 0 saturated heterocycles. The number of nitrogens with one attached hydrogen (secondary N) is 1. The van der Waals surface area contributed by atoms with E-state index in [1.54, 1.807) is 12.1 Å². The van der Waals surface area contributed by atoms with Gasteiger partial charge in [-0.1, -0.05) is 19.0 Å². The van der Waals surface area contributed by atoms with E-state index in [1.807, 2.05) is 13.8 Å². The lowest BCUT2D eigenvalue weighted by Gasteiger charge is -2.20. The number of hydrogen-bond donors (Lipinski definition) is 3. The number of rotatable bonds is 4. The van der Waals surface area contributed by atoms with Crippen molar-refractivity contribution in [2.75, 3.05) is 0 Å². The number of oxime groups is 1. The second-order valence-electron chi connectivity index (χ2n) is 3.70. The second kappa shape index (κ2) is 5.20. The van der Waals surface area contributed by atoms with Crippen LogP contribution < -0.4 is 11.1 Å². The Kier molecular flexibility index (Phi) is 3.93. The van der Waals surface area contributed by atoms with Crippen molar-refractivity contribution in [3.8, 4) is 0 Å². The van der Waals surface area contributed by atoms with Gasteiger partial charge in [0.2, 0.25) is 0 Å². The van der Waals surface area contributed by atoms with Crippen LogP contribution in [-0.2, 0) is 0 Å². The van der Waals surface area contributed by atoms with Crippen molar-refractivity contribution in [1.82, 2.24) is 5.32 Å². The minimum absolute atomic E-state index is 0.00909. The monoisotopic (exact) mass is 225 g/mol. The van der Waals surface area contributed by atoms with E-state index in [0.717, 1.165) is 0 Å². The molecule has 1 amide bonds. The number of furan rings is 1. The van der Waals surface area contributed by atoms with Crippen molar-refractivity contribution >= 4 is 11.7 Å². The Balaban J connectivity index is 2.73. The fourth-order valence-corrected chi connectivity index (χ4v) is 1.26. The highest BCUT2D eigenvalue weighted by molar-refractivity contribution is 5.96. The summed E-state index contributed by atoms with van der Waals surface area (Å²) in [6, 6.07) is 2.63. The zero-order valence-electron chi connectivity index (χ0n) is 9.18. The second-order valence-corrected chi connectivity index (χ2v) is 3.70. The van der Waals surface area contributed by atoms with Crippen LogP contribution in [0.25, 0.3) is 0 Å². The van der Waals surface area contributed by atoms with Crippen molar-refractivity contribution in [3.63, 3.8) is 0 Å². The summed E-state index contributed by atoms with van der Waals surface area (Å²) in [7, 11) is 0. The average Bonchev–Trinajstić information content (AvgIpc) is 2.77. The van der Waals surface area contributed by atoms with Gasteiger partial charge in [0.15, 0.2) is 11.6 Å². The molecule has 1 aromatic rings. The molecule has 1 heterocycles. The summed E-state index contributed by atoms with van der Waals surface area (Å²) in [5.41, 5.74) is 5.47. The van der Waals surface area contributed by atoms with Gasteiger partial charge in [-0.2, -0.15) is 0 Å². The van der Waals surface area contributed by atoms with E-state index in [4.69, 9.17) is 15.4 Å². The van der Waals surface area contributed by atoms with Crippen LogP contribution in [-0.4, -0.2) is 23.0 Å². The van der Waals surface area contributed by atoms with Gasteiger partial charge in [0.1, 0.15) is 0 Å². The summed E-state index contributed by atoms with van der Waals surface area (Å²) >= 11 is 0. The van der Waals surface area contributed by atoms with Gasteiger partial charge in [-0.3, -0.25) is 4.79 Å². The van der Waals surface area contributed by atoms with Crippen LogP contribution in [0, 0.1) is 5.92 Å². The van der Waals surface area contributed by atoms with E-state index >= 15 is 0 Å². The first-order chi connectivity index (χ1) is 7.56. The van der Waals surface area contributed by atoms with E-state index in [2.05, 4.69) is 10.5 Å². The summed E-state index contributed by atoms with van der Waals surface area (Å²) < 4.78 is 4.93. The molecule has 0 fully saturated rings. The van der Waals surface area contributed by atoms with Crippen molar-refractivity contribution in [2.45, 2.75) is 19.9 Å². The summed E-state index contributed by atoms with van der Waals surface area (Å²) in [5, 5.41) is 14.1. The maximum absolute atomic E-state index is 11.6. The predicted octanol–water partition coefficient (Wildman–Crippen LogP) is 0.780. The molecule has 1 rings (SSSR count). The minimum Gasteiger partial charge on any atom is -0.459 e. The highest BCUT2D eigenvalue weighted by Gasteiger charge is 2.22. The molecule has 0 aliphatic heterocycles. The molecule has 0 aliphatic rings. The van der Waals surface area contributed by atoms with E-state index in [9.17, 15) is 4.79 Å². The molecule has 0 aliphatic carbocycles. The fraction of sp³-hybridized carbons (Fsp3) is 0.400. The molecular formula is C10H15N3O3. The van der Waals surface area contributed by atoms with E-state index in [1.165, 1.54) is 6.26 Å². The normalized spacial score (nSPS) is 13.8. The summed E-state index contributed by atoms with van der Waals surface area (Å²) in [6.07, 6.45) is 1.41. The first kappa shape index (κ1) is 12.1. The summed E-state index contributed by atoms with van der Waals surface area (Å²) in [4.78, 5) is 11.6. The summed E-state index contributed by atoms with van der Waals surface area (Å²) in [6.45, 7) is 3.70. The third kappa shape index (κ3) is 2.75. The zero-order chi connectivity index (χ0) is 12.1. The first-order valence-corrected chi connectivity index (χ1v) is 4.88. The van der Waals surface area contributed by atoms with Gasteiger partial charge < -0.3 is 20.7 Å². The molecule has 0 spiro atoms. The first-order valence-electron chi connectivity index (χ1n) is 4.88. The Morgan fingerprint density at radius 1 is 1.62 bits per heavy atom. The molecular weight excluding hydrogens is 210 g/mol. The molecule has 6 nitrogen and oxygen atoms in total. The fourth-order valence-electron chi connectivity index (χ4n) is 1.26. The lowest BCUT2D eigenvalue weighted by Crippen LogP contribution is -2.47. The Morgan fingerprint density at radius 3 is 2.75 bits per heavy atom. The van der Waals surface area contributed by atoms with Gasteiger partial charge in [-0.05, 0) is 18.1 Å². The molecule has 1 aromatic heterocycles. The standard InChI is InChI=1S/C10H15N3O3/c1-6(2)8(9(11)13-15)12-10(14)7-4-3-5-16-7/h3-6,8,15H,1-2H3,(H2,11,13)(H,12,14). The number of carbonyl (C=O) groups excluding carboxylic acids is 1. The maximum Gasteiger partial charge on any atom is 0.287 e. The minimum atomic E-state index is -0.525. The van der Waals surface area contributed by atoms with Gasteiger partial charge in [-0.15, -0.1) is 0 Å². The topological polar surface area (TPSA) is 101 Å². The highest BCUT2D eigenvalue weighted by Crippen LogP contribution is 2.05. The number of nitrogens with zero attached hydrogens (tertiary/aromatic N) is 1. The van der Waals surface area contributed by atoms with Crippen LogP contribution in [0.2, 0.25) is 0 Å². The van der Waals surface area contributed by atoms with Gasteiger partial charge in [0.05, 0.1) is 12.3 Å². The summed E-state index contributed by atoms with van der Waals surface area (Å²) in [5.74, 6) is -0.226. The van der Waals surface area contributed by atoms with Gasteiger partial charge >= 0.3 is 0 Å². The molecule has 0 bridgehead atoms.